The van der Waals surface area contributed by atoms with Crippen molar-refractivity contribution < 1.29 is 13.2 Å². The largest absolute Gasteiger partial charge is 0.467 e. The maximum atomic E-state index is 11.0. The first-order valence-corrected chi connectivity index (χ1v) is 8.83. The van der Waals surface area contributed by atoms with Gasteiger partial charge in [-0.05, 0) is 6.42 Å². The summed E-state index contributed by atoms with van der Waals surface area (Å²) in [6.07, 6.45) is 2.15. The molecule has 0 spiro atoms. The number of nitrogens with zero attached hydrogens (tertiary/aromatic N) is 3. The molecule has 0 unspecified atom stereocenters. The maximum Gasteiger partial charge on any atom is 0.321 e. The van der Waals surface area contributed by atoms with Gasteiger partial charge in [0.1, 0.15) is 9.84 Å². The Bertz CT molecular complexity index is 507. The Kier molecular flexibility index (Phi) is 6.29. The zero-order chi connectivity index (χ0) is 14.3. The fourth-order valence-corrected chi connectivity index (χ4v) is 3.11. The first-order valence-electron chi connectivity index (χ1n) is 5.79. The number of hydrogen-bond donors (Lipinski definition) is 1. The molecule has 0 aliphatic carbocycles. The third-order valence-electron chi connectivity index (χ3n) is 2.00. The predicted molar refractivity (Wildman–Crippen MR) is 75.6 cm³/mol. The van der Waals surface area contributed by atoms with E-state index in [0.717, 1.165) is 13.0 Å². The maximum absolute atomic E-state index is 11.0. The van der Waals surface area contributed by atoms with Gasteiger partial charge in [-0.1, -0.05) is 18.7 Å². The highest BCUT2D eigenvalue weighted by atomic mass is 32.2. The highest BCUT2D eigenvalue weighted by Crippen LogP contribution is 2.17. The van der Waals surface area contributed by atoms with Crippen LogP contribution in [0.15, 0.2) is 5.16 Å². The molecule has 0 aliphatic rings. The van der Waals surface area contributed by atoms with Crippen LogP contribution < -0.4 is 10.1 Å². The van der Waals surface area contributed by atoms with E-state index in [9.17, 15) is 8.42 Å². The van der Waals surface area contributed by atoms with Gasteiger partial charge in [0, 0.05) is 18.6 Å². The minimum Gasteiger partial charge on any atom is -0.467 e. The number of nitrogens with one attached hydrogen (secondary N) is 1. The first-order chi connectivity index (χ1) is 8.94. The van der Waals surface area contributed by atoms with E-state index in [-0.39, 0.29) is 11.8 Å². The van der Waals surface area contributed by atoms with E-state index >= 15 is 0 Å². The number of hydrogen-bond acceptors (Lipinski definition) is 8. The second-order valence-electron chi connectivity index (χ2n) is 3.83. The number of thioether (sulfide) groups is 1. The molecule has 0 radical (unpaired) electrons. The molecule has 1 aromatic heterocycles. The predicted octanol–water partition coefficient (Wildman–Crippen LogP) is 0.839. The number of ether oxygens (including phenoxy) is 1. The van der Waals surface area contributed by atoms with E-state index in [1.54, 1.807) is 0 Å². The van der Waals surface area contributed by atoms with Gasteiger partial charge in [-0.3, -0.25) is 0 Å². The number of anilines is 1. The number of methoxy groups -OCH3 is 1. The summed E-state index contributed by atoms with van der Waals surface area (Å²) in [6, 6.07) is 0.218. The molecule has 108 valence electrons. The lowest BCUT2D eigenvalue weighted by Gasteiger charge is -2.06. The lowest BCUT2D eigenvalue weighted by Crippen LogP contribution is -2.09. The van der Waals surface area contributed by atoms with Crippen molar-refractivity contribution in [1.82, 2.24) is 15.0 Å². The molecule has 1 rings (SSSR count). The summed E-state index contributed by atoms with van der Waals surface area (Å²) in [5, 5.41) is 3.50. The highest BCUT2D eigenvalue weighted by Gasteiger charge is 2.09. The van der Waals surface area contributed by atoms with Crippen LogP contribution in [0.2, 0.25) is 0 Å². The standard InChI is InChI=1S/C10H18N4O3S2/c1-4-5-11-8-12-9(17-2)14-10(13-8)18-6-7-19(3,15)16/h4-7H2,1-3H3,(H,11,12,13,14). The zero-order valence-corrected chi connectivity index (χ0v) is 12.8. The van der Waals surface area contributed by atoms with E-state index in [1.165, 1.54) is 25.1 Å². The smallest absolute Gasteiger partial charge is 0.321 e. The quantitative estimate of drug-likeness (QED) is 0.706. The number of sulfone groups is 1. The average molecular weight is 306 g/mol. The SMILES string of the molecule is CCCNc1nc(OC)nc(SCCS(C)(=O)=O)n1. The molecule has 9 heteroatoms. The Morgan fingerprint density at radius 2 is 2.05 bits per heavy atom. The molecule has 0 saturated carbocycles. The molecule has 0 bridgehead atoms. The van der Waals surface area contributed by atoms with Crippen molar-refractivity contribution in [2.24, 2.45) is 0 Å². The van der Waals surface area contributed by atoms with Crippen LogP contribution in [0.5, 0.6) is 6.01 Å². The minimum atomic E-state index is -2.97. The van der Waals surface area contributed by atoms with Crippen molar-refractivity contribution in [2.75, 3.05) is 36.7 Å². The van der Waals surface area contributed by atoms with Crippen LogP contribution >= 0.6 is 11.8 Å². The summed E-state index contributed by atoms with van der Waals surface area (Å²) in [6.45, 7) is 2.79. The Hall–Kier alpha value is -1.09. The molecule has 19 heavy (non-hydrogen) atoms. The summed E-state index contributed by atoms with van der Waals surface area (Å²) in [5.41, 5.74) is 0. The van der Waals surface area contributed by atoms with Gasteiger partial charge in [0.05, 0.1) is 12.9 Å². The first kappa shape index (κ1) is 16.0. The Balaban J connectivity index is 2.70. The summed E-state index contributed by atoms with van der Waals surface area (Å²) in [7, 11) is -1.50. The van der Waals surface area contributed by atoms with Crippen molar-refractivity contribution in [1.29, 1.82) is 0 Å². The monoisotopic (exact) mass is 306 g/mol. The Morgan fingerprint density at radius 3 is 2.63 bits per heavy atom. The second-order valence-corrected chi connectivity index (χ2v) is 7.16. The molecule has 1 aromatic rings. The second kappa shape index (κ2) is 7.49. The Morgan fingerprint density at radius 1 is 1.32 bits per heavy atom. The van der Waals surface area contributed by atoms with E-state index < -0.39 is 9.84 Å². The summed E-state index contributed by atoms with van der Waals surface area (Å²) in [4.78, 5) is 12.3. The van der Waals surface area contributed by atoms with Gasteiger partial charge in [0.2, 0.25) is 5.95 Å². The molecular formula is C10H18N4O3S2. The average Bonchev–Trinajstić information content (AvgIpc) is 2.34. The van der Waals surface area contributed by atoms with Gasteiger partial charge in [-0.15, -0.1) is 0 Å². The summed E-state index contributed by atoms with van der Waals surface area (Å²) >= 11 is 1.26. The van der Waals surface area contributed by atoms with Gasteiger partial charge in [0.25, 0.3) is 0 Å². The molecule has 0 aromatic carbocycles. The third-order valence-corrected chi connectivity index (χ3v) is 4.05. The number of aromatic nitrogens is 3. The lowest BCUT2D eigenvalue weighted by atomic mass is 10.5. The molecule has 1 heterocycles. The van der Waals surface area contributed by atoms with Crippen LogP contribution in [0.25, 0.3) is 0 Å². The molecule has 7 nitrogen and oxygen atoms in total. The van der Waals surface area contributed by atoms with Gasteiger partial charge in [-0.2, -0.15) is 15.0 Å². The topological polar surface area (TPSA) is 94.1 Å². The van der Waals surface area contributed by atoms with Crippen LogP contribution in [-0.2, 0) is 9.84 Å². The van der Waals surface area contributed by atoms with E-state index in [1.807, 2.05) is 6.92 Å². The summed E-state index contributed by atoms with van der Waals surface area (Å²) in [5.74, 6) is 0.929. The van der Waals surface area contributed by atoms with Crippen molar-refractivity contribution >= 4 is 27.5 Å². The van der Waals surface area contributed by atoms with Crippen molar-refractivity contribution in [2.45, 2.75) is 18.5 Å². The molecule has 0 fully saturated rings. The number of rotatable bonds is 8. The fraction of sp³-hybridized carbons (Fsp3) is 0.700. The van der Waals surface area contributed by atoms with Gasteiger partial charge in [0.15, 0.2) is 5.16 Å². The van der Waals surface area contributed by atoms with Crippen LogP contribution in [0.4, 0.5) is 5.95 Å². The normalized spacial score (nSPS) is 11.3. The van der Waals surface area contributed by atoms with Crippen LogP contribution in [0.1, 0.15) is 13.3 Å². The molecule has 0 amide bonds. The van der Waals surface area contributed by atoms with E-state index in [0.29, 0.717) is 16.9 Å². The van der Waals surface area contributed by atoms with Crippen LogP contribution in [-0.4, -0.2) is 54.8 Å². The van der Waals surface area contributed by atoms with Gasteiger partial charge in [-0.25, -0.2) is 8.42 Å². The van der Waals surface area contributed by atoms with Crippen molar-refractivity contribution in [3.8, 4) is 6.01 Å². The van der Waals surface area contributed by atoms with Gasteiger partial charge >= 0.3 is 6.01 Å². The highest BCUT2D eigenvalue weighted by molar-refractivity contribution is 8.00. The summed E-state index contributed by atoms with van der Waals surface area (Å²) < 4.78 is 27.1. The molecular weight excluding hydrogens is 288 g/mol. The van der Waals surface area contributed by atoms with Gasteiger partial charge < -0.3 is 10.1 Å². The van der Waals surface area contributed by atoms with E-state index in [4.69, 9.17) is 4.74 Å². The van der Waals surface area contributed by atoms with Crippen LogP contribution in [0.3, 0.4) is 0 Å². The van der Waals surface area contributed by atoms with Crippen molar-refractivity contribution in [3.63, 3.8) is 0 Å². The lowest BCUT2D eigenvalue weighted by molar-refractivity contribution is 0.373. The molecule has 1 N–H and O–H groups in total. The molecule has 0 atom stereocenters. The van der Waals surface area contributed by atoms with Crippen molar-refractivity contribution in [3.05, 3.63) is 0 Å². The van der Waals surface area contributed by atoms with E-state index in [2.05, 4.69) is 20.3 Å². The molecule has 0 aliphatic heterocycles. The third kappa shape index (κ3) is 6.58. The van der Waals surface area contributed by atoms with Crippen LogP contribution in [0, 0.1) is 0 Å². The molecule has 0 saturated heterocycles. The fourth-order valence-electron chi connectivity index (χ4n) is 1.09. The zero-order valence-electron chi connectivity index (χ0n) is 11.2. The minimum absolute atomic E-state index is 0.0867. The Labute approximate surface area is 117 Å².